The molecule has 1 aliphatic heterocycles. The van der Waals surface area contributed by atoms with Crippen LogP contribution in [0.3, 0.4) is 0 Å². The van der Waals surface area contributed by atoms with Gasteiger partial charge in [-0.05, 0) is 81.6 Å². The van der Waals surface area contributed by atoms with Gasteiger partial charge in [0.2, 0.25) is 5.91 Å². The number of nitrogens with zero attached hydrogens (tertiary/aromatic N) is 3. The highest BCUT2D eigenvalue weighted by Gasteiger charge is 2.35. The minimum atomic E-state index is -0.555. The van der Waals surface area contributed by atoms with Crippen LogP contribution in [0.5, 0.6) is 5.75 Å². The second-order valence-electron chi connectivity index (χ2n) is 8.96. The number of ether oxygens (including phenoxy) is 3. The van der Waals surface area contributed by atoms with Gasteiger partial charge in [-0.2, -0.15) is 5.10 Å². The van der Waals surface area contributed by atoms with Gasteiger partial charge in [-0.1, -0.05) is 0 Å². The summed E-state index contributed by atoms with van der Waals surface area (Å²) >= 11 is 0. The Kier molecular flexibility index (Phi) is 9.32. The van der Waals surface area contributed by atoms with Crippen molar-refractivity contribution in [3.63, 3.8) is 0 Å². The van der Waals surface area contributed by atoms with E-state index in [2.05, 4.69) is 10.4 Å². The second kappa shape index (κ2) is 13.1. The fraction of sp³-hybridized carbons (Fsp3) is 0.379. The van der Waals surface area contributed by atoms with Gasteiger partial charge >= 0.3 is 5.97 Å². The van der Waals surface area contributed by atoms with Gasteiger partial charge in [-0.3, -0.25) is 9.59 Å². The highest BCUT2D eigenvalue weighted by Crippen LogP contribution is 2.30. The lowest BCUT2D eigenvalue weighted by atomic mass is 10.0. The van der Waals surface area contributed by atoms with Crippen molar-refractivity contribution in [2.75, 3.05) is 43.7 Å². The van der Waals surface area contributed by atoms with Crippen molar-refractivity contribution in [3.8, 4) is 11.4 Å². The van der Waals surface area contributed by atoms with E-state index in [0.29, 0.717) is 66.7 Å². The summed E-state index contributed by atoms with van der Waals surface area (Å²) in [5, 5.41) is 7.40. The number of nitrogens with one attached hydrogen (secondary N) is 1. The zero-order chi connectivity index (χ0) is 27.8. The van der Waals surface area contributed by atoms with Crippen molar-refractivity contribution in [2.45, 2.75) is 39.5 Å². The van der Waals surface area contributed by atoms with Gasteiger partial charge in [-0.25, -0.2) is 9.48 Å². The van der Waals surface area contributed by atoms with Gasteiger partial charge < -0.3 is 24.4 Å². The van der Waals surface area contributed by atoms with Gasteiger partial charge in [0.1, 0.15) is 11.4 Å². The number of amides is 2. The molecule has 39 heavy (non-hydrogen) atoms. The second-order valence-corrected chi connectivity index (χ2v) is 8.96. The average Bonchev–Trinajstić information content (AvgIpc) is 3.35. The molecule has 0 spiro atoms. The standard InChI is InChI=1S/C29H34N4O6/c1-4-38-19-7-6-8-25(34)30-20-9-11-21(12-10-20)32-18-17-24-26(29(36)39-5-2)31-33(27(24)28(32)35)22-13-15-23(37-3)16-14-22/h9-16H,4-8,17-19H2,1-3H3,(H,30,34). The smallest absolute Gasteiger partial charge is 0.359 e. The SMILES string of the molecule is CCOCCCCC(=O)Nc1ccc(N2CCc3c(C(=O)OCC)nn(-c4ccc(OC)cc4)c3C2=O)cc1. The number of carbonyl (C=O) groups is 3. The molecule has 10 heteroatoms. The third kappa shape index (κ3) is 6.46. The number of aromatic nitrogens is 2. The quantitative estimate of drug-likeness (QED) is 0.271. The van der Waals surface area contributed by atoms with Crippen molar-refractivity contribution in [1.29, 1.82) is 0 Å². The predicted octanol–water partition coefficient (Wildman–Crippen LogP) is 4.41. The molecule has 0 saturated heterocycles. The molecule has 0 bridgehead atoms. The summed E-state index contributed by atoms with van der Waals surface area (Å²) in [6.45, 7) is 5.59. The summed E-state index contributed by atoms with van der Waals surface area (Å²) in [4.78, 5) is 40.4. The first-order valence-corrected chi connectivity index (χ1v) is 13.2. The Labute approximate surface area is 227 Å². The summed E-state index contributed by atoms with van der Waals surface area (Å²) in [6.07, 6.45) is 2.44. The Morgan fingerprint density at radius 2 is 1.69 bits per heavy atom. The van der Waals surface area contributed by atoms with Crippen molar-refractivity contribution in [3.05, 3.63) is 65.5 Å². The highest BCUT2D eigenvalue weighted by atomic mass is 16.5. The van der Waals surface area contributed by atoms with Crippen molar-refractivity contribution in [2.24, 2.45) is 0 Å². The molecule has 206 valence electrons. The molecule has 2 aromatic carbocycles. The van der Waals surface area contributed by atoms with E-state index in [0.717, 1.165) is 12.8 Å². The number of rotatable bonds is 12. The van der Waals surface area contributed by atoms with E-state index in [1.165, 1.54) is 4.68 Å². The molecular formula is C29H34N4O6. The summed E-state index contributed by atoms with van der Waals surface area (Å²) in [5.41, 5.74) is 3.00. The van der Waals surface area contributed by atoms with Crippen LogP contribution in [0.15, 0.2) is 48.5 Å². The monoisotopic (exact) mass is 534 g/mol. The Bertz CT molecular complexity index is 1300. The minimum Gasteiger partial charge on any atom is -0.497 e. The zero-order valence-corrected chi connectivity index (χ0v) is 22.6. The van der Waals surface area contributed by atoms with E-state index < -0.39 is 5.97 Å². The number of esters is 1. The first kappa shape index (κ1) is 27.8. The molecule has 2 heterocycles. The average molecular weight is 535 g/mol. The lowest BCUT2D eigenvalue weighted by molar-refractivity contribution is -0.116. The molecule has 0 aliphatic carbocycles. The van der Waals surface area contributed by atoms with Crippen LogP contribution >= 0.6 is 0 Å². The Morgan fingerprint density at radius 3 is 2.36 bits per heavy atom. The lowest BCUT2D eigenvalue weighted by Gasteiger charge is -2.28. The predicted molar refractivity (Wildman–Crippen MR) is 147 cm³/mol. The molecule has 2 amide bonds. The van der Waals surface area contributed by atoms with Crippen LogP contribution in [0.25, 0.3) is 5.69 Å². The van der Waals surface area contributed by atoms with Crippen LogP contribution in [-0.2, 0) is 20.7 Å². The summed E-state index contributed by atoms with van der Waals surface area (Å²) in [5.74, 6) is -0.231. The number of unbranched alkanes of at least 4 members (excludes halogenated alkanes) is 1. The molecule has 1 aromatic heterocycles. The van der Waals surface area contributed by atoms with Crippen molar-refractivity contribution in [1.82, 2.24) is 9.78 Å². The van der Waals surface area contributed by atoms with E-state index in [1.54, 1.807) is 67.5 Å². The number of fused-ring (bicyclic) bond motifs is 1. The van der Waals surface area contributed by atoms with Crippen LogP contribution < -0.4 is 15.0 Å². The third-order valence-corrected chi connectivity index (χ3v) is 6.41. The third-order valence-electron chi connectivity index (χ3n) is 6.41. The summed E-state index contributed by atoms with van der Waals surface area (Å²) in [6, 6.07) is 14.3. The zero-order valence-electron chi connectivity index (χ0n) is 22.6. The van der Waals surface area contributed by atoms with Gasteiger partial charge in [0.25, 0.3) is 5.91 Å². The highest BCUT2D eigenvalue weighted by molar-refractivity contribution is 6.09. The molecule has 0 radical (unpaired) electrons. The number of hydrogen-bond donors (Lipinski definition) is 1. The van der Waals surface area contributed by atoms with E-state index >= 15 is 0 Å². The maximum atomic E-state index is 13.8. The fourth-order valence-corrected chi connectivity index (χ4v) is 4.46. The van der Waals surface area contributed by atoms with E-state index in [-0.39, 0.29) is 24.1 Å². The van der Waals surface area contributed by atoms with Crippen LogP contribution in [0.1, 0.15) is 59.7 Å². The van der Waals surface area contributed by atoms with Gasteiger partial charge in [0.05, 0.1) is 19.4 Å². The maximum Gasteiger partial charge on any atom is 0.359 e. The van der Waals surface area contributed by atoms with Gasteiger partial charge in [0.15, 0.2) is 5.69 Å². The Balaban J connectivity index is 1.54. The number of carbonyl (C=O) groups excluding carboxylic acids is 3. The van der Waals surface area contributed by atoms with Crippen LogP contribution in [0.4, 0.5) is 11.4 Å². The normalized spacial score (nSPS) is 12.7. The number of anilines is 2. The molecule has 10 nitrogen and oxygen atoms in total. The summed E-state index contributed by atoms with van der Waals surface area (Å²) < 4.78 is 17.3. The molecule has 4 rings (SSSR count). The van der Waals surface area contributed by atoms with Gasteiger partial charge in [0, 0.05) is 43.1 Å². The summed E-state index contributed by atoms with van der Waals surface area (Å²) in [7, 11) is 1.58. The molecule has 1 N–H and O–H groups in total. The molecule has 3 aromatic rings. The fourth-order valence-electron chi connectivity index (χ4n) is 4.46. The van der Waals surface area contributed by atoms with E-state index in [4.69, 9.17) is 14.2 Å². The first-order valence-electron chi connectivity index (χ1n) is 13.2. The molecule has 0 saturated carbocycles. The van der Waals surface area contributed by atoms with E-state index in [1.807, 2.05) is 6.92 Å². The maximum absolute atomic E-state index is 13.8. The topological polar surface area (TPSA) is 112 Å². The van der Waals surface area contributed by atoms with Crippen LogP contribution in [0.2, 0.25) is 0 Å². The minimum absolute atomic E-state index is 0.0622. The molecular weight excluding hydrogens is 500 g/mol. The van der Waals surface area contributed by atoms with Crippen LogP contribution in [-0.4, -0.2) is 61.0 Å². The molecule has 0 atom stereocenters. The number of hydrogen-bond acceptors (Lipinski definition) is 7. The largest absolute Gasteiger partial charge is 0.497 e. The molecule has 0 fully saturated rings. The molecule has 1 aliphatic rings. The van der Waals surface area contributed by atoms with E-state index in [9.17, 15) is 14.4 Å². The van der Waals surface area contributed by atoms with Crippen molar-refractivity contribution < 1.29 is 28.6 Å². The van der Waals surface area contributed by atoms with Gasteiger partial charge in [-0.15, -0.1) is 0 Å². The Morgan fingerprint density at radius 1 is 0.974 bits per heavy atom. The number of benzene rings is 2. The van der Waals surface area contributed by atoms with Crippen LogP contribution in [0, 0.1) is 0 Å². The lowest BCUT2D eigenvalue weighted by Crippen LogP contribution is -2.39. The first-order chi connectivity index (χ1) is 19.0. The number of methoxy groups -OCH3 is 1. The van der Waals surface area contributed by atoms with Crippen molar-refractivity contribution >= 4 is 29.2 Å². The molecule has 0 unspecified atom stereocenters. The Hall–Kier alpha value is -4.18.